The maximum Gasteiger partial charge on any atom is 0.224 e. The Morgan fingerprint density at radius 3 is 2.12 bits per heavy atom. The Hall–Kier alpha value is -0.280. The molecule has 2 fully saturated rings. The lowest BCUT2D eigenvalue weighted by molar-refractivity contribution is -0.123. The maximum atomic E-state index is 12.0. The second-order valence-electron chi connectivity index (χ2n) is 6.62. The lowest BCUT2D eigenvalue weighted by Gasteiger charge is -2.12. The number of nitrogens with one attached hydrogen (secondary N) is 1. The van der Waals surface area contributed by atoms with E-state index in [-0.39, 0.29) is 41.1 Å². The monoisotopic (exact) mass is 260 g/mol. The predicted molar refractivity (Wildman–Crippen MR) is 72.0 cm³/mol. The van der Waals surface area contributed by atoms with Crippen molar-refractivity contribution in [3.8, 4) is 0 Å². The Balaban J connectivity index is 0.00000144. The minimum absolute atomic E-state index is 0. The molecule has 0 aromatic carbocycles. The highest BCUT2D eigenvalue weighted by atomic mass is 35.5. The third-order valence-electron chi connectivity index (χ3n) is 5.02. The third-order valence-corrected chi connectivity index (χ3v) is 5.02. The topological polar surface area (TPSA) is 55.1 Å². The molecule has 100 valence electrons. The van der Waals surface area contributed by atoms with Crippen molar-refractivity contribution in [2.75, 3.05) is 6.54 Å². The van der Waals surface area contributed by atoms with Gasteiger partial charge in [-0.25, -0.2) is 0 Å². The van der Waals surface area contributed by atoms with Crippen molar-refractivity contribution >= 4 is 18.3 Å². The lowest BCUT2D eigenvalue weighted by Crippen LogP contribution is -2.39. The molecule has 3 nitrogen and oxygen atoms in total. The second kappa shape index (κ2) is 4.43. The first kappa shape index (κ1) is 14.8. The van der Waals surface area contributed by atoms with Crippen LogP contribution in [-0.4, -0.2) is 18.5 Å². The molecule has 0 heterocycles. The average Bonchev–Trinajstić information content (AvgIpc) is 3.01. The minimum Gasteiger partial charge on any atom is -0.354 e. The Kier molecular flexibility index (Phi) is 3.85. The van der Waals surface area contributed by atoms with Crippen molar-refractivity contribution in [1.82, 2.24) is 5.32 Å². The molecule has 2 aliphatic carbocycles. The number of carbonyl (C=O) groups excluding carboxylic acids is 1. The molecule has 0 saturated heterocycles. The number of halogens is 1. The van der Waals surface area contributed by atoms with Gasteiger partial charge in [-0.1, -0.05) is 27.7 Å². The molecular formula is C13H25ClN2O. The number of rotatable bonds is 4. The molecule has 2 rings (SSSR count). The van der Waals surface area contributed by atoms with Crippen molar-refractivity contribution in [3.05, 3.63) is 0 Å². The molecule has 1 amide bonds. The quantitative estimate of drug-likeness (QED) is 0.812. The molecule has 17 heavy (non-hydrogen) atoms. The fourth-order valence-electron chi connectivity index (χ4n) is 2.86. The van der Waals surface area contributed by atoms with E-state index in [2.05, 4.69) is 33.0 Å². The summed E-state index contributed by atoms with van der Waals surface area (Å²) in [5.41, 5.74) is 6.22. The average molecular weight is 261 g/mol. The Morgan fingerprint density at radius 1 is 1.29 bits per heavy atom. The number of hydrogen-bond donors (Lipinski definition) is 2. The highest BCUT2D eigenvalue weighted by molar-refractivity contribution is 5.85. The molecule has 0 spiro atoms. The van der Waals surface area contributed by atoms with E-state index in [9.17, 15) is 4.79 Å². The summed E-state index contributed by atoms with van der Waals surface area (Å²) in [5.74, 6) is 0.984. The van der Waals surface area contributed by atoms with E-state index < -0.39 is 0 Å². The molecule has 4 heteroatoms. The van der Waals surface area contributed by atoms with Crippen LogP contribution in [0.3, 0.4) is 0 Å². The Labute approximate surface area is 110 Å². The summed E-state index contributed by atoms with van der Waals surface area (Å²) < 4.78 is 0. The van der Waals surface area contributed by atoms with Gasteiger partial charge < -0.3 is 11.1 Å². The number of hydrogen-bond acceptors (Lipinski definition) is 2. The summed E-state index contributed by atoms with van der Waals surface area (Å²) in [4.78, 5) is 12.0. The summed E-state index contributed by atoms with van der Waals surface area (Å²) >= 11 is 0. The van der Waals surface area contributed by atoms with E-state index in [0.29, 0.717) is 12.5 Å². The van der Waals surface area contributed by atoms with Gasteiger partial charge in [0.25, 0.3) is 0 Å². The number of carbonyl (C=O) groups is 1. The van der Waals surface area contributed by atoms with Crippen LogP contribution in [-0.2, 0) is 4.79 Å². The minimum atomic E-state index is 0. The van der Waals surface area contributed by atoms with Gasteiger partial charge in [0.05, 0.1) is 0 Å². The number of amides is 1. The molecule has 1 atom stereocenters. The maximum absolute atomic E-state index is 12.0. The van der Waals surface area contributed by atoms with Gasteiger partial charge in [-0.05, 0) is 29.6 Å². The summed E-state index contributed by atoms with van der Waals surface area (Å²) in [7, 11) is 0. The van der Waals surface area contributed by atoms with E-state index in [1.807, 2.05) is 0 Å². The van der Waals surface area contributed by atoms with Crippen molar-refractivity contribution in [3.63, 3.8) is 0 Å². The van der Waals surface area contributed by atoms with Gasteiger partial charge in [-0.2, -0.15) is 0 Å². The van der Waals surface area contributed by atoms with Crippen LogP contribution in [0.25, 0.3) is 0 Å². The van der Waals surface area contributed by atoms with Gasteiger partial charge >= 0.3 is 0 Å². The molecule has 2 aliphatic rings. The molecule has 0 aliphatic heterocycles. The van der Waals surface area contributed by atoms with Gasteiger partial charge in [0.2, 0.25) is 5.91 Å². The molecular weight excluding hydrogens is 236 g/mol. The predicted octanol–water partition coefficient (Wildman–Crippen LogP) is 1.94. The summed E-state index contributed by atoms with van der Waals surface area (Å²) in [6.07, 6.45) is 2.47. The van der Waals surface area contributed by atoms with Crippen molar-refractivity contribution in [2.24, 2.45) is 28.4 Å². The summed E-state index contributed by atoms with van der Waals surface area (Å²) in [5, 5.41) is 3.01. The van der Waals surface area contributed by atoms with Crippen LogP contribution in [0.5, 0.6) is 0 Å². The SMILES string of the molecule is CC1(C)C(C(=O)NCC(N)C2CC2)C1(C)C.Cl. The fraction of sp³-hybridized carbons (Fsp3) is 0.923. The first-order valence-corrected chi connectivity index (χ1v) is 6.32. The zero-order valence-corrected chi connectivity index (χ0v) is 12.1. The molecule has 0 aromatic heterocycles. The molecule has 3 N–H and O–H groups in total. The molecule has 0 aromatic rings. The van der Waals surface area contributed by atoms with Gasteiger partial charge in [0.1, 0.15) is 0 Å². The first-order valence-electron chi connectivity index (χ1n) is 6.32. The van der Waals surface area contributed by atoms with Crippen molar-refractivity contribution in [1.29, 1.82) is 0 Å². The van der Waals surface area contributed by atoms with Crippen LogP contribution in [0.15, 0.2) is 0 Å². The fourth-order valence-corrected chi connectivity index (χ4v) is 2.86. The van der Waals surface area contributed by atoms with Gasteiger partial charge in [-0.15, -0.1) is 12.4 Å². The van der Waals surface area contributed by atoms with Crippen molar-refractivity contribution < 1.29 is 4.79 Å². The third kappa shape index (κ3) is 2.45. The number of nitrogens with two attached hydrogens (primary N) is 1. The highest BCUT2D eigenvalue weighted by Crippen LogP contribution is 2.68. The van der Waals surface area contributed by atoms with Crippen LogP contribution in [0, 0.1) is 22.7 Å². The first-order chi connectivity index (χ1) is 7.28. The normalized spacial score (nSPS) is 26.9. The van der Waals surface area contributed by atoms with Crippen LogP contribution < -0.4 is 11.1 Å². The van der Waals surface area contributed by atoms with E-state index >= 15 is 0 Å². The summed E-state index contributed by atoms with van der Waals surface area (Å²) in [6.45, 7) is 9.30. The molecule has 1 unspecified atom stereocenters. The van der Waals surface area contributed by atoms with E-state index in [0.717, 1.165) is 0 Å². The highest BCUT2D eigenvalue weighted by Gasteiger charge is 2.68. The van der Waals surface area contributed by atoms with E-state index in [1.54, 1.807) is 0 Å². The van der Waals surface area contributed by atoms with Crippen LogP contribution in [0.2, 0.25) is 0 Å². The Bertz CT molecular complexity index is 297. The van der Waals surface area contributed by atoms with E-state index in [1.165, 1.54) is 12.8 Å². The van der Waals surface area contributed by atoms with Crippen LogP contribution in [0.4, 0.5) is 0 Å². The van der Waals surface area contributed by atoms with Crippen LogP contribution in [0.1, 0.15) is 40.5 Å². The summed E-state index contributed by atoms with van der Waals surface area (Å²) in [6, 6.07) is 0.161. The van der Waals surface area contributed by atoms with Gasteiger partial charge in [0.15, 0.2) is 0 Å². The lowest BCUT2D eigenvalue weighted by atomic mass is 10.0. The Morgan fingerprint density at radius 2 is 1.76 bits per heavy atom. The van der Waals surface area contributed by atoms with E-state index in [4.69, 9.17) is 5.73 Å². The van der Waals surface area contributed by atoms with Crippen molar-refractivity contribution in [2.45, 2.75) is 46.6 Å². The smallest absolute Gasteiger partial charge is 0.224 e. The zero-order valence-electron chi connectivity index (χ0n) is 11.2. The largest absolute Gasteiger partial charge is 0.354 e. The van der Waals surface area contributed by atoms with Crippen LogP contribution >= 0.6 is 12.4 Å². The van der Waals surface area contributed by atoms with Gasteiger partial charge in [-0.3, -0.25) is 4.79 Å². The molecule has 2 saturated carbocycles. The standard InChI is InChI=1S/C13H24N2O.ClH/c1-12(2)10(13(12,3)4)11(16)15-7-9(14)8-5-6-8;/h8-10H,5-7,14H2,1-4H3,(H,15,16);1H. The molecule has 0 bridgehead atoms. The van der Waals surface area contributed by atoms with Gasteiger partial charge in [0, 0.05) is 18.5 Å². The second-order valence-corrected chi connectivity index (χ2v) is 6.62. The zero-order chi connectivity index (χ0) is 12.1. The molecule has 0 radical (unpaired) electrons.